The van der Waals surface area contributed by atoms with Crippen molar-refractivity contribution in [3.05, 3.63) is 59.1 Å². The van der Waals surface area contributed by atoms with Crippen molar-refractivity contribution in [3.63, 3.8) is 0 Å². The maximum absolute atomic E-state index is 12.5. The molecular formula is C21H25ClN2O3. The summed E-state index contributed by atoms with van der Waals surface area (Å²) in [5.74, 6) is 0.783. The van der Waals surface area contributed by atoms with Gasteiger partial charge in [0.15, 0.2) is 0 Å². The molecule has 1 heterocycles. The van der Waals surface area contributed by atoms with Gasteiger partial charge in [0.25, 0.3) is 0 Å². The van der Waals surface area contributed by atoms with Crippen LogP contribution in [0.25, 0.3) is 0 Å². The van der Waals surface area contributed by atoms with E-state index in [1.807, 2.05) is 24.3 Å². The maximum Gasteiger partial charge on any atom is 0.226 e. The van der Waals surface area contributed by atoms with Gasteiger partial charge in [-0.15, -0.1) is 0 Å². The van der Waals surface area contributed by atoms with Crippen LogP contribution < -0.4 is 9.64 Å². The van der Waals surface area contributed by atoms with E-state index in [4.69, 9.17) is 21.1 Å². The topological polar surface area (TPSA) is 42.0 Å². The number of anilines is 1. The number of morpholine rings is 1. The van der Waals surface area contributed by atoms with Gasteiger partial charge in [-0.1, -0.05) is 29.8 Å². The van der Waals surface area contributed by atoms with Crippen LogP contribution in [0.15, 0.2) is 48.5 Å². The zero-order chi connectivity index (χ0) is 19.1. The van der Waals surface area contributed by atoms with Crippen LogP contribution in [0.1, 0.15) is 5.56 Å². The molecule has 0 aromatic heterocycles. The third-order valence-electron chi connectivity index (χ3n) is 4.56. The van der Waals surface area contributed by atoms with Gasteiger partial charge in [-0.05, 0) is 35.9 Å². The first kappa shape index (κ1) is 19.5. The van der Waals surface area contributed by atoms with E-state index >= 15 is 0 Å². The summed E-state index contributed by atoms with van der Waals surface area (Å²) in [6.45, 7) is 4.22. The van der Waals surface area contributed by atoms with E-state index < -0.39 is 0 Å². The number of likely N-dealkylation sites (N-methyl/N-ethyl adjacent to an activating group) is 1. The Morgan fingerprint density at radius 3 is 2.74 bits per heavy atom. The molecule has 1 amide bonds. The van der Waals surface area contributed by atoms with Crippen molar-refractivity contribution in [2.45, 2.75) is 6.42 Å². The van der Waals surface area contributed by atoms with Gasteiger partial charge in [0.1, 0.15) is 12.4 Å². The molecule has 1 fully saturated rings. The Kier molecular flexibility index (Phi) is 6.96. The molecule has 6 heteroatoms. The Labute approximate surface area is 165 Å². The van der Waals surface area contributed by atoms with Crippen molar-refractivity contribution < 1.29 is 14.3 Å². The van der Waals surface area contributed by atoms with E-state index in [1.54, 1.807) is 24.1 Å². The molecule has 0 unspecified atom stereocenters. The molecule has 0 atom stereocenters. The molecule has 2 aromatic carbocycles. The van der Waals surface area contributed by atoms with E-state index in [-0.39, 0.29) is 5.91 Å². The van der Waals surface area contributed by atoms with Crippen LogP contribution in [0.3, 0.4) is 0 Å². The number of carbonyl (C=O) groups is 1. The summed E-state index contributed by atoms with van der Waals surface area (Å²) < 4.78 is 11.1. The lowest BCUT2D eigenvalue weighted by Gasteiger charge is -2.29. The third-order valence-corrected chi connectivity index (χ3v) is 4.79. The monoisotopic (exact) mass is 388 g/mol. The molecule has 3 rings (SSSR count). The highest BCUT2D eigenvalue weighted by molar-refractivity contribution is 6.30. The summed E-state index contributed by atoms with van der Waals surface area (Å²) in [7, 11) is 1.80. The van der Waals surface area contributed by atoms with E-state index in [9.17, 15) is 4.79 Å². The zero-order valence-corrected chi connectivity index (χ0v) is 16.3. The smallest absolute Gasteiger partial charge is 0.226 e. The molecule has 144 valence electrons. The third kappa shape index (κ3) is 5.88. The van der Waals surface area contributed by atoms with Gasteiger partial charge < -0.3 is 19.3 Å². The van der Waals surface area contributed by atoms with Crippen LogP contribution in [-0.2, 0) is 16.0 Å². The SMILES string of the molecule is CN(CCOc1cccc(Cl)c1)C(=O)Cc1cccc(N2CCOCC2)c1. The second-order valence-electron chi connectivity index (χ2n) is 6.57. The summed E-state index contributed by atoms with van der Waals surface area (Å²) in [5.41, 5.74) is 2.17. The quantitative estimate of drug-likeness (QED) is 0.730. The van der Waals surface area contributed by atoms with Crippen molar-refractivity contribution in [1.82, 2.24) is 4.90 Å². The number of hydrogen-bond acceptors (Lipinski definition) is 4. The summed E-state index contributed by atoms with van der Waals surface area (Å²) in [5, 5.41) is 0.636. The minimum absolute atomic E-state index is 0.0730. The molecule has 1 aliphatic rings. The number of amides is 1. The summed E-state index contributed by atoms with van der Waals surface area (Å²) in [4.78, 5) is 16.5. The van der Waals surface area contributed by atoms with Gasteiger partial charge in [-0.3, -0.25) is 4.79 Å². The Balaban J connectivity index is 1.49. The molecule has 0 bridgehead atoms. The normalized spacial score (nSPS) is 14.1. The number of nitrogens with zero attached hydrogens (tertiary/aromatic N) is 2. The maximum atomic E-state index is 12.5. The highest BCUT2D eigenvalue weighted by Crippen LogP contribution is 2.19. The second kappa shape index (κ2) is 9.62. The number of benzene rings is 2. The standard InChI is InChI=1S/C21H25ClN2O3/c1-23(8-13-27-20-7-3-5-18(22)16-20)21(25)15-17-4-2-6-19(14-17)24-9-11-26-12-10-24/h2-7,14,16H,8-13,15H2,1H3. The number of carbonyl (C=O) groups excluding carboxylic acids is 1. The van der Waals surface area contributed by atoms with E-state index in [2.05, 4.69) is 17.0 Å². The molecule has 2 aromatic rings. The van der Waals surface area contributed by atoms with Crippen molar-refractivity contribution in [2.24, 2.45) is 0 Å². The summed E-state index contributed by atoms with van der Waals surface area (Å²) in [6, 6.07) is 15.4. The fraction of sp³-hybridized carbons (Fsp3) is 0.381. The largest absolute Gasteiger partial charge is 0.492 e. The first-order valence-corrected chi connectivity index (χ1v) is 9.53. The Bertz CT molecular complexity index is 763. The molecule has 27 heavy (non-hydrogen) atoms. The molecule has 0 spiro atoms. The van der Waals surface area contributed by atoms with Gasteiger partial charge in [-0.25, -0.2) is 0 Å². The van der Waals surface area contributed by atoms with Crippen molar-refractivity contribution in [1.29, 1.82) is 0 Å². The predicted octanol–water partition coefficient (Wildman–Crippen LogP) is 3.26. The van der Waals surface area contributed by atoms with Crippen LogP contribution in [0.5, 0.6) is 5.75 Å². The Morgan fingerprint density at radius 1 is 1.19 bits per heavy atom. The second-order valence-corrected chi connectivity index (χ2v) is 7.00. The van der Waals surface area contributed by atoms with Crippen molar-refractivity contribution >= 4 is 23.2 Å². The van der Waals surface area contributed by atoms with Gasteiger partial charge >= 0.3 is 0 Å². The lowest BCUT2D eigenvalue weighted by Crippen LogP contribution is -2.36. The predicted molar refractivity (Wildman–Crippen MR) is 108 cm³/mol. The number of rotatable bonds is 7. The molecular weight excluding hydrogens is 364 g/mol. The van der Waals surface area contributed by atoms with Gasteiger partial charge in [0, 0.05) is 30.8 Å². The van der Waals surface area contributed by atoms with Crippen molar-refractivity contribution in [3.8, 4) is 5.75 Å². The lowest BCUT2D eigenvalue weighted by atomic mass is 10.1. The zero-order valence-electron chi connectivity index (χ0n) is 15.6. The Morgan fingerprint density at radius 2 is 1.96 bits per heavy atom. The molecule has 5 nitrogen and oxygen atoms in total. The van der Waals surface area contributed by atoms with E-state index in [1.165, 1.54) is 0 Å². The molecule has 1 saturated heterocycles. The number of hydrogen-bond donors (Lipinski definition) is 0. The average molecular weight is 389 g/mol. The number of halogens is 1. The van der Waals surface area contributed by atoms with Gasteiger partial charge in [-0.2, -0.15) is 0 Å². The molecule has 0 aliphatic carbocycles. The minimum Gasteiger partial charge on any atom is -0.492 e. The molecule has 0 N–H and O–H groups in total. The van der Waals surface area contributed by atoms with Gasteiger partial charge in [0.2, 0.25) is 5.91 Å². The van der Waals surface area contributed by atoms with Crippen LogP contribution in [0, 0.1) is 0 Å². The average Bonchev–Trinajstić information content (AvgIpc) is 2.69. The summed E-state index contributed by atoms with van der Waals surface area (Å²) >= 11 is 5.94. The minimum atomic E-state index is 0.0730. The van der Waals surface area contributed by atoms with Crippen LogP contribution in [0.4, 0.5) is 5.69 Å². The Hall–Kier alpha value is -2.24. The van der Waals surface area contributed by atoms with Crippen LogP contribution >= 0.6 is 11.6 Å². The van der Waals surface area contributed by atoms with Gasteiger partial charge in [0.05, 0.1) is 26.2 Å². The van der Waals surface area contributed by atoms with Crippen LogP contribution in [0.2, 0.25) is 5.02 Å². The van der Waals surface area contributed by atoms with Crippen molar-refractivity contribution in [2.75, 3.05) is 51.4 Å². The first-order chi connectivity index (χ1) is 13.1. The van der Waals surface area contributed by atoms with E-state index in [0.717, 1.165) is 37.6 Å². The molecule has 0 radical (unpaired) electrons. The fourth-order valence-electron chi connectivity index (χ4n) is 2.98. The lowest BCUT2D eigenvalue weighted by molar-refractivity contribution is -0.129. The van der Waals surface area contributed by atoms with Crippen LogP contribution in [-0.4, -0.2) is 57.3 Å². The number of ether oxygens (including phenoxy) is 2. The fourth-order valence-corrected chi connectivity index (χ4v) is 3.16. The van der Waals surface area contributed by atoms with E-state index in [0.29, 0.717) is 30.3 Å². The molecule has 0 saturated carbocycles. The highest BCUT2D eigenvalue weighted by atomic mass is 35.5. The highest BCUT2D eigenvalue weighted by Gasteiger charge is 2.14. The summed E-state index contributed by atoms with van der Waals surface area (Å²) in [6.07, 6.45) is 0.381. The first-order valence-electron chi connectivity index (χ1n) is 9.16. The molecule has 1 aliphatic heterocycles.